The zero-order valence-electron chi connectivity index (χ0n) is 27.6. The van der Waals surface area contributed by atoms with Gasteiger partial charge in [0.15, 0.2) is 0 Å². The van der Waals surface area contributed by atoms with E-state index in [9.17, 15) is 9.90 Å². The lowest BCUT2D eigenvalue weighted by molar-refractivity contribution is 0.0283. The summed E-state index contributed by atoms with van der Waals surface area (Å²) in [4.78, 5) is 31.2. The van der Waals surface area contributed by atoms with Crippen LogP contribution >= 0.6 is 11.9 Å². The zero-order valence-corrected chi connectivity index (χ0v) is 28.4. The molecule has 2 N–H and O–H groups in total. The van der Waals surface area contributed by atoms with Crippen LogP contribution < -0.4 is 14.2 Å². The van der Waals surface area contributed by atoms with Gasteiger partial charge in [-0.15, -0.1) is 0 Å². The maximum Gasteiger partial charge on any atom is 0.254 e. The number of aromatic nitrogens is 3. The van der Waals surface area contributed by atoms with Crippen molar-refractivity contribution in [2.24, 2.45) is 5.41 Å². The molecule has 5 rings (SSSR count). The summed E-state index contributed by atoms with van der Waals surface area (Å²) in [5.74, 6) is 1.29. The first-order chi connectivity index (χ1) is 21.7. The van der Waals surface area contributed by atoms with Crippen LogP contribution in [0, 0.1) is 19.3 Å². The molecule has 1 amide bonds. The average Bonchev–Trinajstić information content (AvgIpc) is 2.99. The van der Waals surface area contributed by atoms with Crippen LogP contribution in [0.4, 0.5) is 5.95 Å². The number of aliphatic hydroxyl groups is 1. The van der Waals surface area contributed by atoms with E-state index in [-0.39, 0.29) is 37.1 Å². The van der Waals surface area contributed by atoms with Gasteiger partial charge in [0, 0.05) is 22.1 Å². The highest BCUT2D eigenvalue weighted by Crippen LogP contribution is 2.32. The van der Waals surface area contributed by atoms with Crippen molar-refractivity contribution >= 4 is 23.8 Å². The summed E-state index contributed by atoms with van der Waals surface area (Å²) >= 11 is 1.35. The predicted molar refractivity (Wildman–Crippen MR) is 182 cm³/mol. The maximum absolute atomic E-state index is 14.3. The normalized spacial score (nSPS) is 15.6. The van der Waals surface area contributed by atoms with Gasteiger partial charge in [0.1, 0.15) is 19.0 Å². The first-order valence-corrected chi connectivity index (χ1v) is 16.3. The Morgan fingerprint density at radius 2 is 1.76 bits per heavy atom. The summed E-state index contributed by atoms with van der Waals surface area (Å²) in [5.41, 5.74) is 4.24. The van der Waals surface area contributed by atoms with Crippen LogP contribution in [0.1, 0.15) is 68.2 Å². The van der Waals surface area contributed by atoms with Crippen LogP contribution in [-0.4, -0.2) is 55.7 Å². The summed E-state index contributed by atoms with van der Waals surface area (Å²) in [6.45, 7) is 14.6. The van der Waals surface area contributed by atoms with Gasteiger partial charge in [-0.3, -0.25) is 14.5 Å². The third kappa shape index (κ3) is 8.76. The number of benzene rings is 2. The number of carbonyl (C=O) groups excluding carboxylic acids is 1. The summed E-state index contributed by atoms with van der Waals surface area (Å²) in [7, 11) is 0. The van der Waals surface area contributed by atoms with Crippen LogP contribution in [-0.2, 0) is 6.54 Å². The van der Waals surface area contributed by atoms with Crippen molar-refractivity contribution in [3.8, 4) is 22.9 Å². The van der Waals surface area contributed by atoms with E-state index < -0.39 is 5.60 Å². The number of rotatable bonds is 7. The van der Waals surface area contributed by atoms with Gasteiger partial charge in [0.05, 0.1) is 35.8 Å². The van der Waals surface area contributed by atoms with E-state index in [1.54, 1.807) is 20.0 Å². The van der Waals surface area contributed by atoms with Gasteiger partial charge in [-0.2, -0.15) is 4.98 Å². The van der Waals surface area contributed by atoms with Gasteiger partial charge in [0.2, 0.25) is 11.8 Å². The number of hydrogen-bond acceptors (Lipinski definition) is 9. The Kier molecular flexibility index (Phi) is 9.88. The third-order valence-electron chi connectivity index (χ3n) is 7.48. The Labute approximate surface area is 275 Å². The molecule has 2 aromatic carbocycles. The van der Waals surface area contributed by atoms with Crippen molar-refractivity contribution in [1.29, 1.82) is 0 Å². The number of nitrogens with one attached hydrogen (secondary N) is 1. The van der Waals surface area contributed by atoms with E-state index in [0.29, 0.717) is 35.3 Å². The number of amides is 1. The van der Waals surface area contributed by atoms with Crippen molar-refractivity contribution in [2.45, 2.75) is 78.0 Å². The lowest BCUT2D eigenvalue weighted by atomic mass is 9.87. The molecule has 1 unspecified atom stereocenters. The highest BCUT2D eigenvalue weighted by Gasteiger charge is 2.31. The van der Waals surface area contributed by atoms with Gasteiger partial charge < -0.3 is 19.5 Å². The molecule has 242 valence electrons. The van der Waals surface area contributed by atoms with Crippen molar-refractivity contribution in [3.63, 3.8) is 0 Å². The molecule has 1 atom stereocenters. The van der Waals surface area contributed by atoms with Crippen LogP contribution in [0.15, 0.2) is 71.8 Å². The molecule has 0 aliphatic carbocycles. The van der Waals surface area contributed by atoms with E-state index in [1.807, 2.05) is 53.4 Å². The zero-order chi connectivity index (χ0) is 33.1. The Morgan fingerprint density at radius 3 is 2.43 bits per heavy atom. The Hall–Kier alpha value is -4.15. The highest BCUT2D eigenvalue weighted by atomic mass is 32.2. The lowest BCUT2D eigenvalue weighted by Gasteiger charge is -2.35. The fourth-order valence-electron chi connectivity index (χ4n) is 5.39. The molecular weight excluding hydrogens is 598 g/mol. The number of pyridine rings is 1. The van der Waals surface area contributed by atoms with Gasteiger partial charge in [-0.1, -0.05) is 45.0 Å². The summed E-state index contributed by atoms with van der Waals surface area (Å²) in [6.07, 6.45) is 2.31. The van der Waals surface area contributed by atoms with Crippen molar-refractivity contribution in [2.75, 3.05) is 17.9 Å². The summed E-state index contributed by atoms with van der Waals surface area (Å²) in [6, 6.07) is 19.0. The molecule has 0 saturated carbocycles. The number of anilines is 1. The van der Waals surface area contributed by atoms with Crippen LogP contribution in [0.25, 0.3) is 11.3 Å². The minimum Gasteiger partial charge on any atom is -0.489 e. The van der Waals surface area contributed by atoms with Crippen LogP contribution in [0.5, 0.6) is 11.6 Å². The van der Waals surface area contributed by atoms with Gasteiger partial charge in [-0.05, 0) is 92.9 Å². The topological polar surface area (TPSA) is 110 Å². The van der Waals surface area contributed by atoms with Crippen molar-refractivity contribution in [3.05, 3.63) is 89.2 Å². The van der Waals surface area contributed by atoms with Crippen LogP contribution in [0.2, 0.25) is 0 Å². The summed E-state index contributed by atoms with van der Waals surface area (Å²) < 4.78 is 15.4. The van der Waals surface area contributed by atoms with Crippen LogP contribution in [0.3, 0.4) is 0 Å². The molecule has 4 bridgehead atoms. The minimum absolute atomic E-state index is 0.109. The van der Waals surface area contributed by atoms with Gasteiger partial charge >= 0.3 is 0 Å². The molecule has 1 aliphatic heterocycles. The second-order valence-corrected chi connectivity index (χ2v) is 14.5. The van der Waals surface area contributed by atoms with E-state index in [1.165, 1.54) is 11.9 Å². The lowest BCUT2D eigenvalue weighted by Crippen LogP contribution is -2.45. The molecule has 46 heavy (non-hydrogen) atoms. The molecule has 0 fully saturated rings. The highest BCUT2D eigenvalue weighted by molar-refractivity contribution is 8.00. The molecule has 0 spiro atoms. The van der Waals surface area contributed by atoms with E-state index >= 15 is 0 Å². The predicted octanol–water partition coefficient (Wildman–Crippen LogP) is 7.26. The first kappa shape index (κ1) is 33.2. The molecule has 3 heterocycles. The quantitative estimate of drug-likeness (QED) is 0.202. The number of aryl methyl sites for hydroxylation is 2. The maximum atomic E-state index is 14.3. The molecular formula is C36H43N5O4S. The van der Waals surface area contributed by atoms with Gasteiger partial charge in [0.25, 0.3) is 5.91 Å². The Balaban J connectivity index is 1.53. The molecule has 0 saturated heterocycles. The smallest absolute Gasteiger partial charge is 0.254 e. The average molecular weight is 642 g/mol. The molecule has 4 aromatic rings. The monoisotopic (exact) mass is 641 g/mol. The fourth-order valence-corrected chi connectivity index (χ4v) is 6.03. The number of carbonyl (C=O) groups is 1. The first-order valence-electron chi connectivity index (χ1n) is 15.5. The minimum atomic E-state index is -0.962. The summed E-state index contributed by atoms with van der Waals surface area (Å²) in [5, 5.41) is 10.0. The van der Waals surface area contributed by atoms with Crippen molar-refractivity contribution < 1.29 is 19.4 Å². The second kappa shape index (κ2) is 13.7. The second-order valence-electron chi connectivity index (χ2n) is 13.7. The number of ether oxygens (including phenoxy) is 2. The van der Waals surface area contributed by atoms with E-state index in [0.717, 1.165) is 27.3 Å². The third-order valence-corrected chi connectivity index (χ3v) is 8.25. The largest absolute Gasteiger partial charge is 0.489 e. The standard InChI is InChI=1S/C36H43N5O4S/c1-23-10-8-11-24(2)32(23)30-17-31-39-34(38-30)40-46-29-13-9-12-25(16-29)33(42)41(27(21-44-31)18-35(3,4)5)20-26-14-15-28(19-37-26)45-22-36(6,7)43/h8-17,19,27,43H,18,20-22H2,1-7H3,(H,38,39,40). The number of fused-ring (bicyclic) bond motifs is 4. The Morgan fingerprint density at radius 1 is 1.02 bits per heavy atom. The Bertz CT molecular complexity index is 1660. The molecule has 1 aliphatic rings. The van der Waals surface area contributed by atoms with Gasteiger partial charge in [-0.25, -0.2) is 4.98 Å². The molecule has 10 heteroatoms. The molecule has 2 aromatic heterocycles. The fraction of sp³-hybridized carbons (Fsp3) is 0.389. The molecule has 0 radical (unpaired) electrons. The van der Waals surface area contributed by atoms with Crippen molar-refractivity contribution in [1.82, 2.24) is 19.9 Å². The number of nitrogens with zero attached hydrogens (tertiary/aromatic N) is 4. The molecule has 9 nitrogen and oxygen atoms in total. The number of hydrogen-bond donors (Lipinski definition) is 2. The van der Waals surface area contributed by atoms with E-state index in [2.05, 4.69) is 56.5 Å². The SMILES string of the molecule is Cc1cccc(C)c1-c1cc2nc(n1)NSc1cccc(c1)C(=O)N(Cc1ccc(OCC(C)(C)O)cn1)C(CC(C)(C)C)CO2. The van der Waals surface area contributed by atoms with E-state index in [4.69, 9.17) is 19.4 Å².